The first-order valence-corrected chi connectivity index (χ1v) is 14.5. The van der Waals surface area contributed by atoms with Crippen LogP contribution in [0.4, 0.5) is 4.39 Å². The van der Waals surface area contributed by atoms with Crippen molar-refractivity contribution in [2.24, 2.45) is 4.99 Å². The van der Waals surface area contributed by atoms with E-state index in [4.69, 9.17) is 30.8 Å². The average molecular weight is 607 g/mol. The summed E-state index contributed by atoms with van der Waals surface area (Å²) in [6.45, 7) is 5.61. The van der Waals surface area contributed by atoms with Gasteiger partial charge in [-0.15, -0.1) is 0 Å². The van der Waals surface area contributed by atoms with Gasteiger partial charge in [-0.25, -0.2) is 14.2 Å². The third-order valence-electron chi connectivity index (χ3n) is 6.46. The summed E-state index contributed by atoms with van der Waals surface area (Å²) < 4.78 is 32.6. The minimum atomic E-state index is -0.904. The van der Waals surface area contributed by atoms with E-state index in [0.29, 0.717) is 48.2 Å². The number of carbonyl (C=O) groups excluding carboxylic acids is 1. The standard InChI is InChI=1S/C32H28ClFN2O5S/c1-5-40-31(38)26-27(20-9-7-6-8-10-20)35-32-36(28(26)21-11-13-22(34)14-12-21)30(37)25(42-32)17-19-15-23(33)29(41-18(2)3)24(16-19)39-4/h6-18,28H,5H2,1-4H3/b25-17-/t28-/m1/s1. The zero-order chi connectivity index (χ0) is 30.0. The molecular formula is C32H28ClFN2O5S. The van der Waals surface area contributed by atoms with Crippen molar-refractivity contribution >= 4 is 40.7 Å². The highest BCUT2D eigenvalue weighted by Gasteiger charge is 2.35. The van der Waals surface area contributed by atoms with Gasteiger partial charge in [-0.3, -0.25) is 9.36 Å². The van der Waals surface area contributed by atoms with Crippen molar-refractivity contribution in [3.05, 3.63) is 120 Å². The number of aromatic nitrogens is 1. The fourth-order valence-corrected chi connectivity index (χ4v) is 5.99. The molecule has 4 aromatic rings. The summed E-state index contributed by atoms with van der Waals surface area (Å²) in [7, 11) is 1.52. The fourth-order valence-electron chi connectivity index (χ4n) is 4.73. The molecule has 0 fully saturated rings. The number of halogens is 2. The number of methoxy groups -OCH3 is 1. The molecule has 0 N–H and O–H groups in total. The van der Waals surface area contributed by atoms with Crippen LogP contribution in [0.25, 0.3) is 11.8 Å². The first-order valence-electron chi connectivity index (χ1n) is 13.3. The number of hydrogen-bond acceptors (Lipinski definition) is 7. The lowest BCUT2D eigenvalue weighted by Crippen LogP contribution is -2.40. The maximum Gasteiger partial charge on any atom is 0.338 e. The van der Waals surface area contributed by atoms with E-state index < -0.39 is 17.8 Å². The first-order chi connectivity index (χ1) is 20.2. The summed E-state index contributed by atoms with van der Waals surface area (Å²) in [6.07, 6.45) is 1.57. The third kappa shape index (κ3) is 5.75. The van der Waals surface area contributed by atoms with Crippen molar-refractivity contribution in [3.8, 4) is 11.5 Å². The Morgan fingerprint density at radius 3 is 2.50 bits per heavy atom. The van der Waals surface area contributed by atoms with Gasteiger partial charge in [0.2, 0.25) is 0 Å². The number of nitrogens with zero attached hydrogens (tertiary/aromatic N) is 2. The molecule has 1 atom stereocenters. The number of esters is 1. The van der Waals surface area contributed by atoms with Gasteiger partial charge in [-0.2, -0.15) is 0 Å². The zero-order valence-electron chi connectivity index (χ0n) is 23.4. The van der Waals surface area contributed by atoms with Gasteiger partial charge < -0.3 is 14.2 Å². The van der Waals surface area contributed by atoms with Crippen LogP contribution in [0.1, 0.15) is 43.5 Å². The summed E-state index contributed by atoms with van der Waals surface area (Å²) in [4.78, 5) is 32.7. The van der Waals surface area contributed by atoms with Crippen molar-refractivity contribution in [3.63, 3.8) is 0 Å². The smallest absolute Gasteiger partial charge is 0.338 e. The number of carbonyl (C=O) groups is 1. The molecule has 7 nitrogen and oxygen atoms in total. The van der Waals surface area contributed by atoms with Crippen LogP contribution in [-0.4, -0.2) is 30.4 Å². The lowest BCUT2D eigenvalue weighted by Gasteiger charge is -2.25. The van der Waals surface area contributed by atoms with E-state index in [-0.39, 0.29) is 23.8 Å². The second-order valence-electron chi connectivity index (χ2n) is 9.68. The van der Waals surface area contributed by atoms with Crippen molar-refractivity contribution in [1.29, 1.82) is 0 Å². The highest BCUT2D eigenvalue weighted by molar-refractivity contribution is 7.07. The Labute approximate surface area is 250 Å². The topological polar surface area (TPSA) is 79.1 Å². The van der Waals surface area contributed by atoms with E-state index in [9.17, 15) is 14.0 Å². The van der Waals surface area contributed by atoms with E-state index >= 15 is 0 Å². The molecule has 1 aliphatic rings. The van der Waals surface area contributed by atoms with Crippen LogP contribution in [0.3, 0.4) is 0 Å². The molecule has 1 aliphatic heterocycles. The van der Waals surface area contributed by atoms with Crippen LogP contribution in [0, 0.1) is 5.82 Å². The zero-order valence-corrected chi connectivity index (χ0v) is 25.0. The normalized spacial score (nSPS) is 14.9. The highest BCUT2D eigenvalue weighted by atomic mass is 35.5. The van der Waals surface area contributed by atoms with Gasteiger partial charge in [-0.1, -0.05) is 65.4 Å². The Balaban J connectivity index is 1.77. The maximum atomic E-state index is 14.0. The van der Waals surface area contributed by atoms with Crippen molar-refractivity contribution in [2.75, 3.05) is 13.7 Å². The lowest BCUT2D eigenvalue weighted by atomic mass is 9.93. The Bertz CT molecular complexity index is 1850. The molecular weight excluding hydrogens is 579 g/mol. The van der Waals surface area contributed by atoms with Gasteiger partial charge in [0.1, 0.15) is 5.82 Å². The third-order valence-corrected chi connectivity index (χ3v) is 7.73. The maximum absolute atomic E-state index is 14.0. The molecule has 0 bridgehead atoms. The molecule has 0 aliphatic carbocycles. The molecule has 0 saturated carbocycles. The molecule has 0 saturated heterocycles. The minimum Gasteiger partial charge on any atom is -0.493 e. The van der Waals surface area contributed by atoms with E-state index in [0.717, 1.165) is 0 Å². The first kappa shape index (κ1) is 29.3. The Kier molecular flexibility index (Phi) is 8.61. The van der Waals surface area contributed by atoms with E-state index in [1.807, 2.05) is 44.2 Å². The van der Waals surface area contributed by atoms with Gasteiger partial charge in [0.05, 0.1) is 46.7 Å². The number of hydrogen-bond donors (Lipinski definition) is 0. The molecule has 42 heavy (non-hydrogen) atoms. The molecule has 216 valence electrons. The monoisotopic (exact) mass is 606 g/mol. The number of rotatable bonds is 8. The van der Waals surface area contributed by atoms with Crippen LogP contribution < -0.4 is 24.4 Å². The second kappa shape index (κ2) is 12.3. The van der Waals surface area contributed by atoms with Gasteiger partial charge in [0, 0.05) is 5.56 Å². The number of fused-ring (bicyclic) bond motifs is 1. The predicted octanol–water partition coefficient (Wildman–Crippen LogP) is 5.52. The molecule has 10 heteroatoms. The fraction of sp³-hybridized carbons (Fsp3) is 0.219. The highest BCUT2D eigenvalue weighted by Crippen LogP contribution is 2.38. The van der Waals surface area contributed by atoms with E-state index in [1.165, 1.54) is 35.1 Å². The van der Waals surface area contributed by atoms with E-state index in [2.05, 4.69) is 0 Å². The molecule has 0 spiro atoms. The number of benzene rings is 3. The van der Waals surface area contributed by atoms with E-state index in [1.54, 1.807) is 37.3 Å². The van der Waals surface area contributed by atoms with Gasteiger partial charge in [-0.05, 0) is 62.2 Å². The average Bonchev–Trinajstić information content (AvgIpc) is 3.28. The largest absolute Gasteiger partial charge is 0.493 e. The molecule has 0 unspecified atom stereocenters. The number of ether oxygens (including phenoxy) is 3. The lowest BCUT2D eigenvalue weighted by molar-refractivity contribution is -0.138. The van der Waals surface area contributed by atoms with Crippen LogP contribution in [0.5, 0.6) is 11.5 Å². The Morgan fingerprint density at radius 1 is 1.14 bits per heavy atom. The summed E-state index contributed by atoms with van der Waals surface area (Å²) in [5.41, 5.74) is 2.03. The summed E-state index contributed by atoms with van der Waals surface area (Å²) in [6, 6.07) is 17.4. The SMILES string of the molecule is CCOC(=O)C1=C(c2ccccc2)N=c2s/c(=C\c3cc(Cl)c(OC(C)C)c(OC)c3)c(=O)n2[C@@H]1c1ccc(F)cc1. The summed E-state index contributed by atoms with van der Waals surface area (Å²) in [5, 5.41) is 0.335. The molecule has 0 amide bonds. The second-order valence-corrected chi connectivity index (χ2v) is 11.1. The van der Waals surface area contributed by atoms with Crippen molar-refractivity contribution in [2.45, 2.75) is 32.9 Å². The quantitative estimate of drug-likeness (QED) is 0.247. The van der Waals surface area contributed by atoms with Crippen molar-refractivity contribution in [1.82, 2.24) is 4.57 Å². The molecule has 3 aromatic carbocycles. The van der Waals surface area contributed by atoms with Crippen LogP contribution in [-0.2, 0) is 9.53 Å². The summed E-state index contributed by atoms with van der Waals surface area (Å²) >= 11 is 7.71. The molecule has 5 rings (SSSR count). The Hall–Kier alpha value is -4.21. The van der Waals surface area contributed by atoms with Crippen LogP contribution in [0.15, 0.2) is 82.1 Å². The molecule has 0 radical (unpaired) electrons. The predicted molar refractivity (Wildman–Crippen MR) is 161 cm³/mol. The number of thiazole rings is 1. The van der Waals surface area contributed by atoms with Crippen molar-refractivity contribution < 1.29 is 23.4 Å². The minimum absolute atomic E-state index is 0.121. The van der Waals surface area contributed by atoms with Crippen LogP contribution >= 0.6 is 22.9 Å². The van der Waals surface area contributed by atoms with Crippen LogP contribution in [0.2, 0.25) is 5.02 Å². The molecule has 1 aromatic heterocycles. The Morgan fingerprint density at radius 2 is 1.86 bits per heavy atom. The van der Waals surface area contributed by atoms with Gasteiger partial charge >= 0.3 is 5.97 Å². The summed E-state index contributed by atoms with van der Waals surface area (Å²) in [5.74, 6) is -0.209. The van der Waals surface area contributed by atoms with Gasteiger partial charge in [0.15, 0.2) is 16.3 Å². The molecule has 2 heterocycles. The van der Waals surface area contributed by atoms with Gasteiger partial charge in [0.25, 0.3) is 5.56 Å².